The van der Waals surface area contributed by atoms with Gasteiger partial charge in [-0.25, -0.2) is 4.98 Å². The highest BCUT2D eigenvalue weighted by atomic mass is 16.5. The molecule has 1 atom stereocenters. The number of piperazine rings is 1. The van der Waals surface area contributed by atoms with Gasteiger partial charge in [-0.2, -0.15) is 0 Å². The fourth-order valence-electron chi connectivity index (χ4n) is 4.16. The van der Waals surface area contributed by atoms with Crippen LogP contribution in [0.25, 0.3) is 0 Å². The van der Waals surface area contributed by atoms with E-state index in [0.717, 1.165) is 61.0 Å². The van der Waals surface area contributed by atoms with E-state index in [4.69, 9.17) is 9.47 Å². The van der Waals surface area contributed by atoms with Gasteiger partial charge in [-0.15, -0.1) is 0 Å². The quantitative estimate of drug-likeness (QED) is 0.632. The van der Waals surface area contributed by atoms with Crippen molar-refractivity contribution in [3.63, 3.8) is 0 Å². The van der Waals surface area contributed by atoms with Gasteiger partial charge < -0.3 is 24.0 Å². The Labute approximate surface area is 183 Å². The highest BCUT2D eigenvalue weighted by Crippen LogP contribution is 2.31. The maximum Gasteiger partial charge on any atom is 0.142 e. The first-order valence-electron chi connectivity index (χ1n) is 10.5. The van der Waals surface area contributed by atoms with Crippen LogP contribution >= 0.6 is 0 Å². The van der Waals surface area contributed by atoms with Crippen molar-refractivity contribution in [1.82, 2.24) is 14.5 Å². The van der Waals surface area contributed by atoms with Crippen molar-refractivity contribution in [2.24, 2.45) is 7.05 Å². The summed E-state index contributed by atoms with van der Waals surface area (Å²) in [6, 6.07) is 14.1. The number of imidazole rings is 1. The monoisotopic (exact) mass is 422 g/mol. The number of methoxy groups -OCH3 is 2. The minimum absolute atomic E-state index is 0.651. The Bertz CT molecular complexity index is 1010. The highest BCUT2D eigenvalue weighted by Gasteiger charge is 2.24. The second kappa shape index (κ2) is 9.41. The van der Waals surface area contributed by atoms with Crippen LogP contribution in [0.1, 0.15) is 23.1 Å². The average Bonchev–Trinajstić information content (AvgIpc) is 3.25. The van der Waals surface area contributed by atoms with Crippen molar-refractivity contribution in [2.45, 2.75) is 12.6 Å². The number of nitrogens with zero attached hydrogens (tertiary/aromatic N) is 4. The molecule has 0 bridgehead atoms. The Morgan fingerprint density at radius 2 is 1.81 bits per heavy atom. The van der Waals surface area contributed by atoms with Gasteiger partial charge in [0, 0.05) is 75.0 Å². The number of aliphatic hydroxyl groups excluding tert-OH is 1. The molecule has 1 aliphatic rings. The van der Waals surface area contributed by atoms with Crippen LogP contribution in [0.3, 0.4) is 0 Å². The molecule has 0 radical (unpaired) electrons. The third kappa shape index (κ3) is 4.52. The summed E-state index contributed by atoms with van der Waals surface area (Å²) >= 11 is 0. The summed E-state index contributed by atoms with van der Waals surface area (Å²) in [7, 11) is 5.26. The first-order valence-corrected chi connectivity index (χ1v) is 10.5. The SMILES string of the molecule is COc1ccc(CN2CCN(c3ccccc3C(O)c3nccn3C)CC2)c(OC)c1. The van der Waals surface area contributed by atoms with Gasteiger partial charge in [-0.1, -0.05) is 24.3 Å². The maximum atomic E-state index is 11.0. The van der Waals surface area contributed by atoms with Gasteiger partial charge in [-0.05, 0) is 12.1 Å². The fourth-order valence-corrected chi connectivity index (χ4v) is 4.16. The van der Waals surface area contributed by atoms with Crippen molar-refractivity contribution in [3.8, 4) is 11.5 Å². The number of aryl methyl sites for hydroxylation is 1. The lowest BCUT2D eigenvalue weighted by atomic mass is 10.0. The van der Waals surface area contributed by atoms with E-state index < -0.39 is 6.10 Å². The smallest absolute Gasteiger partial charge is 0.142 e. The first kappa shape index (κ1) is 21.2. The van der Waals surface area contributed by atoms with Crippen LogP contribution in [0.4, 0.5) is 5.69 Å². The van der Waals surface area contributed by atoms with Crippen LogP contribution in [0.2, 0.25) is 0 Å². The van der Waals surface area contributed by atoms with Gasteiger partial charge >= 0.3 is 0 Å². The van der Waals surface area contributed by atoms with Crippen LogP contribution in [-0.4, -0.2) is 60.0 Å². The van der Waals surface area contributed by atoms with Crippen LogP contribution < -0.4 is 14.4 Å². The van der Waals surface area contributed by atoms with Gasteiger partial charge in [0.05, 0.1) is 14.2 Å². The molecule has 0 aliphatic carbocycles. The lowest BCUT2D eigenvalue weighted by molar-refractivity contribution is 0.205. The van der Waals surface area contributed by atoms with Crippen LogP contribution in [0, 0.1) is 0 Å². The molecule has 2 aromatic carbocycles. The number of para-hydroxylation sites is 1. The van der Waals surface area contributed by atoms with Crippen molar-refractivity contribution in [1.29, 1.82) is 0 Å². The van der Waals surface area contributed by atoms with E-state index in [-0.39, 0.29) is 0 Å². The van der Waals surface area contributed by atoms with Gasteiger partial charge in [0.25, 0.3) is 0 Å². The number of anilines is 1. The molecular formula is C24H30N4O3. The van der Waals surface area contributed by atoms with Gasteiger partial charge in [0.2, 0.25) is 0 Å². The summed E-state index contributed by atoms with van der Waals surface area (Å²) in [4.78, 5) is 9.11. The Morgan fingerprint density at radius 3 is 2.48 bits per heavy atom. The Balaban J connectivity index is 1.45. The van der Waals surface area contributed by atoms with Gasteiger partial charge in [-0.3, -0.25) is 4.90 Å². The lowest BCUT2D eigenvalue weighted by Gasteiger charge is -2.37. The molecule has 1 N–H and O–H groups in total. The number of benzene rings is 2. The van der Waals surface area contributed by atoms with Crippen molar-refractivity contribution in [3.05, 3.63) is 71.8 Å². The number of aromatic nitrogens is 2. The molecule has 0 spiro atoms. The number of hydrogen-bond acceptors (Lipinski definition) is 6. The normalized spacial score (nSPS) is 15.7. The maximum absolute atomic E-state index is 11.0. The third-order valence-electron chi connectivity index (χ3n) is 5.94. The summed E-state index contributed by atoms with van der Waals surface area (Å²) in [5, 5.41) is 11.0. The van der Waals surface area contributed by atoms with E-state index in [0.29, 0.717) is 5.82 Å². The Kier molecular flexibility index (Phi) is 6.44. The van der Waals surface area contributed by atoms with E-state index in [9.17, 15) is 5.11 Å². The largest absolute Gasteiger partial charge is 0.497 e. The Morgan fingerprint density at radius 1 is 1.03 bits per heavy atom. The molecule has 7 heteroatoms. The second-order valence-electron chi connectivity index (χ2n) is 7.80. The summed E-state index contributed by atoms with van der Waals surface area (Å²) in [5.74, 6) is 2.30. The van der Waals surface area contributed by atoms with E-state index in [1.54, 1.807) is 20.4 Å². The predicted molar refractivity (Wildman–Crippen MR) is 121 cm³/mol. The molecule has 1 saturated heterocycles. The zero-order valence-corrected chi connectivity index (χ0v) is 18.4. The average molecular weight is 423 g/mol. The van der Waals surface area contributed by atoms with Gasteiger partial charge in [0.1, 0.15) is 23.4 Å². The first-order chi connectivity index (χ1) is 15.1. The molecule has 4 rings (SSSR count). The van der Waals surface area contributed by atoms with E-state index in [1.165, 1.54) is 0 Å². The van der Waals surface area contributed by atoms with Gasteiger partial charge in [0.15, 0.2) is 0 Å². The van der Waals surface area contributed by atoms with E-state index >= 15 is 0 Å². The number of hydrogen-bond donors (Lipinski definition) is 1. The minimum atomic E-state index is -0.752. The molecule has 7 nitrogen and oxygen atoms in total. The topological polar surface area (TPSA) is 63.0 Å². The molecular weight excluding hydrogens is 392 g/mol. The summed E-state index contributed by atoms with van der Waals surface area (Å²) in [6.07, 6.45) is 2.82. The van der Waals surface area contributed by atoms with E-state index in [1.807, 2.05) is 48.1 Å². The molecule has 164 valence electrons. The van der Waals surface area contributed by atoms with Crippen molar-refractivity contribution in [2.75, 3.05) is 45.3 Å². The molecule has 3 aromatic rings. The molecule has 0 amide bonds. The highest BCUT2D eigenvalue weighted by molar-refractivity contribution is 5.56. The molecule has 0 saturated carbocycles. The van der Waals surface area contributed by atoms with E-state index in [2.05, 4.69) is 26.9 Å². The van der Waals surface area contributed by atoms with Crippen molar-refractivity contribution < 1.29 is 14.6 Å². The van der Waals surface area contributed by atoms with Crippen molar-refractivity contribution >= 4 is 5.69 Å². The summed E-state index contributed by atoms with van der Waals surface area (Å²) in [6.45, 7) is 4.48. The summed E-state index contributed by atoms with van der Waals surface area (Å²) < 4.78 is 12.7. The zero-order valence-electron chi connectivity index (χ0n) is 18.4. The number of aliphatic hydroxyl groups is 1. The third-order valence-corrected chi connectivity index (χ3v) is 5.94. The standard InChI is InChI=1S/C24H30N4O3/c1-26-11-10-25-24(26)23(29)20-6-4-5-7-21(20)28-14-12-27(13-15-28)17-18-8-9-19(30-2)16-22(18)31-3/h4-11,16,23,29H,12-15,17H2,1-3H3. The molecule has 1 unspecified atom stereocenters. The Hall–Kier alpha value is -3.03. The number of rotatable bonds is 7. The molecule has 1 aliphatic heterocycles. The molecule has 31 heavy (non-hydrogen) atoms. The van der Waals surface area contributed by atoms with Crippen LogP contribution in [0.15, 0.2) is 54.9 Å². The fraction of sp³-hybridized carbons (Fsp3) is 0.375. The predicted octanol–water partition coefficient (Wildman–Crippen LogP) is 2.84. The number of ether oxygens (including phenoxy) is 2. The molecule has 1 fully saturated rings. The molecule has 1 aromatic heterocycles. The second-order valence-corrected chi connectivity index (χ2v) is 7.80. The minimum Gasteiger partial charge on any atom is -0.497 e. The molecule has 2 heterocycles. The lowest BCUT2D eigenvalue weighted by Crippen LogP contribution is -2.46. The zero-order chi connectivity index (χ0) is 21.8. The van der Waals surface area contributed by atoms with Crippen LogP contribution in [0.5, 0.6) is 11.5 Å². The van der Waals surface area contributed by atoms with Crippen LogP contribution in [-0.2, 0) is 13.6 Å². The summed E-state index contributed by atoms with van der Waals surface area (Å²) in [5.41, 5.74) is 3.11.